The van der Waals surface area contributed by atoms with Crippen LogP contribution in [0.4, 0.5) is 5.69 Å². The summed E-state index contributed by atoms with van der Waals surface area (Å²) in [4.78, 5) is 17.0. The first-order chi connectivity index (χ1) is 16.1. The van der Waals surface area contributed by atoms with Gasteiger partial charge in [-0.2, -0.15) is 0 Å². The smallest absolute Gasteiger partial charge is 0.251 e. The minimum Gasteiger partial charge on any atom is -0.378 e. The number of anilines is 1. The van der Waals surface area contributed by atoms with Crippen LogP contribution in [0.25, 0.3) is 11.4 Å². The van der Waals surface area contributed by atoms with Crippen LogP contribution >= 0.6 is 0 Å². The van der Waals surface area contributed by atoms with Crippen molar-refractivity contribution < 1.29 is 4.79 Å². The molecule has 1 atom stereocenters. The van der Waals surface area contributed by atoms with Crippen LogP contribution in [0.2, 0.25) is 0 Å². The van der Waals surface area contributed by atoms with Crippen molar-refractivity contribution in [3.63, 3.8) is 0 Å². The molecule has 0 saturated heterocycles. The zero-order valence-corrected chi connectivity index (χ0v) is 18.7. The van der Waals surface area contributed by atoms with E-state index in [1.807, 2.05) is 54.1 Å². The Balaban J connectivity index is 1.42. The molecule has 4 rings (SSSR count). The molecule has 1 aromatic carbocycles. The average molecular weight is 439 g/mol. The molecule has 0 aliphatic heterocycles. The first-order valence-corrected chi connectivity index (χ1v) is 10.8. The zero-order chi connectivity index (χ0) is 23.2. The summed E-state index contributed by atoms with van der Waals surface area (Å²) in [5.74, 6) is 3.97. The highest BCUT2D eigenvalue weighted by molar-refractivity contribution is 5.95. The molecule has 0 spiro atoms. The normalized spacial score (nSPS) is 15.6. The van der Waals surface area contributed by atoms with E-state index in [2.05, 4.69) is 38.7 Å². The van der Waals surface area contributed by atoms with E-state index in [1.165, 1.54) is 5.57 Å². The maximum Gasteiger partial charge on any atom is 0.251 e. The number of nitrogens with zero attached hydrogens (tertiary/aromatic N) is 4. The third-order valence-electron chi connectivity index (χ3n) is 5.82. The number of terminal acetylenes is 1. The van der Waals surface area contributed by atoms with E-state index in [9.17, 15) is 4.79 Å². The summed E-state index contributed by atoms with van der Waals surface area (Å²) in [5, 5.41) is 15.1. The van der Waals surface area contributed by atoms with E-state index in [-0.39, 0.29) is 11.9 Å². The number of amides is 1. The predicted molar refractivity (Wildman–Crippen MR) is 129 cm³/mol. The minimum absolute atomic E-state index is 0.0241. The second-order valence-corrected chi connectivity index (χ2v) is 7.97. The van der Waals surface area contributed by atoms with Gasteiger partial charge in [-0.1, -0.05) is 17.6 Å². The summed E-state index contributed by atoms with van der Waals surface area (Å²) in [6.45, 7) is 2.56. The van der Waals surface area contributed by atoms with Gasteiger partial charge in [-0.15, -0.1) is 16.6 Å². The van der Waals surface area contributed by atoms with E-state index in [0.717, 1.165) is 41.3 Å². The second-order valence-electron chi connectivity index (χ2n) is 7.97. The summed E-state index contributed by atoms with van der Waals surface area (Å²) in [6, 6.07) is 11.2. The predicted octanol–water partition coefficient (Wildman–Crippen LogP) is 3.89. The number of pyridine rings is 1. The van der Waals surface area contributed by atoms with Crippen molar-refractivity contribution in [2.75, 3.05) is 5.32 Å². The Hall–Kier alpha value is -4.18. The molecule has 166 valence electrons. The van der Waals surface area contributed by atoms with Gasteiger partial charge in [-0.05, 0) is 67.8 Å². The number of nitrogens with one attached hydrogen (secondary N) is 2. The van der Waals surface area contributed by atoms with Gasteiger partial charge >= 0.3 is 0 Å². The molecule has 1 unspecified atom stereocenters. The van der Waals surface area contributed by atoms with Crippen molar-refractivity contribution in [2.24, 2.45) is 7.05 Å². The quantitative estimate of drug-likeness (QED) is 0.547. The standard InChI is InChI=1S/C26H26N6O/c1-4-5-9-22-18(2)10-11-23(22)29-26(33)20-7-6-8-21(16-20)28-17-24-30-31-25(32(24)3)19-12-14-27-15-13-19/h1,5-9,12-16,23,28H,10-11,17H2,2-3H3,(H,29,33)/b9-5-. The van der Waals surface area contributed by atoms with Crippen LogP contribution in [0, 0.1) is 12.3 Å². The Kier molecular flexibility index (Phi) is 6.65. The lowest BCUT2D eigenvalue weighted by Crippen LogP contribution is -2.34. The van der Waals surface area contributed by atoms with Crippen LogP contribution in [0.3, 0.4) is 0 Å². The number of benzene rings is 1. The highest BCUT2D eigenvalue weighted by Gasteiger charge is 2.23. The van der Waals surface area contributed by atoms with Crippen LogP contribution in [-0.2, 0) is 13.6 Å². The number of aromatic nitrogens is 4. The molecule has 0 radical (unpaired) electrons. The second kappa shape index (κ2) is 9.96. The topological polar surface area (TPSA) is 84.7 Å². The summed E-state index contributed by atoms with van der Waals surface area (Å²) < 4.78 is 1.94. The monoisotopic (exact) mass is 438 g/mol. The van der Waals surface area contributed by atoms with Gasteiger partial charge in [0, 0.05) is 36.3 Å². The molecule has 1 aliphatic carbocycles. The van der Waals surface area contributed by atoms with Crippen molar-refractivity contribution in [2.45, 2.75) is 32.4 Å². The fourth-order valence-corrected chi connectivity index (χ4v) is 3.97. The van der Waals surface area contributed by atoms with E-state index >= 15 is 0 Å². The molecule has 7 nitrogen and oxygen atoms in total. The summed E-state index contributed by atoms with van der Waals surface area (Å²) >= 11 is 0. The lowest BCUT2D eigenvalue weighted by Gasteiger charge is -2.16. The average Bonchev–Trinajstić information content (AvgIpc) is 3.38. The maximum atomic E-state index is 12.9. The van der Waals surface area contributed by atoms with Crippen molar-refractivity contribution >= 4 is 11.6 Å². The van der Waals surface area contributed by atoms with Gasteiger partial charge in [0.25, 0.3) is 5.91 Å². The van der Waals surface area contributed by atoms with E-state index in [1.54, 1.807) is 18.5 Å². The highest BCUT2D eigenvalue weighted by Crippen LogP contribution is 2.27. The van der Waals surface area contributed by atoms with E-state index in [0.29, 0.717) is 12.1 Å². The van der Waals surface area contributed by atoms with Gasteiger partial charge in [0.1, 0.15) is 0 Å². The number of allylic oxidation sites excluding steroid dienone is 2. The van der Waals surface area contributed by atoms with Crippen molar-refractivity contribution in [1.82, 2.24) is 25.1 Å². The van der Waals surface area contributed by atoms with Crippen molar-refractivity contribution in [3.8, 4) is 23.7 Å². The number of hydrogen-bond acceptors (Lipinski definition) is 5. The van der Waals surface area contributed by atoms with Crippen molar-refractivity contribution in [1.29, 1.82) is 0 Å². The van der Waals surface area contributed by atoms with Crippen LogP contribution in [-0.4, -0.2) is 31.7 Å². The Labute approximate surface area is 193 Å². The van der Waals surface area contributed by atoms with Gasteiger partial charge < -0.3 is 15.2 Å². The van der Waals surface area contributed by atoms with E-state index in [4.69, 9.17) is 6.42 Å². The Morgan fingerprint density at radius 2 is 2.09 bits per heavy atom. The van der Waals surface area contributed by atoms with E-state index < -0.39 is 0 Å². The molecule has 1 amide bonds. The molecule has 33 heavy (non-hydrogen) atoms. The fraction of sp³-hybridized carbons (Fsp3) is 0.231. The maximum absolute atomic E-state index is 12.9. The lowest BCUT2D eigenvalue weighted by atomic mass is 10.1. The van der Waals surface area contributed by atoms with Crippen LogP contribution in [0.5, 0.6) is 0 Å². The molecule has 1 aliphatic rings. The van der Waals surface area contributed by atoms with Gasteiger partial charge in [0.05, 0.1) is 12.6 Å². The molecule has 2 aromatic heterocycles. The highest BCUT2D eigenvalue weighted by atomic mass is 16.1. The number of hydrogen-bond donors (Lipinski definition) is 2. The molecule has 2 heterocycles. The molecule has 7 heteroatoms. The van der Waals surface area contributed by atoms with Gasteiger partial charge in [-0.3, -0.25) is 9.78 Å². The fourth-order valence-electron chi connectivity index (χ4n) is 3.97. The van der Waals surface area contributed by atoms with Crippen molar-refractivity contribution in [3.05, 3.63) is 83.5 Å². The largest absolute Gasteiger partial charge is 0.378 e. The summed E-state index contributed by atoms with van der Waals surface area (Å²) in [6.07, 6.45) is 14.3. The summed E-state index contributed by atoms with van der Waals surface area (Å²) in [5.41, 5.74) is 4.75. The molecule has 0 saturated carbocycles. The van der Waals surface area contributed by atoms with Gasteiger partial charge in [0.2, 0.25) is 0 Å². The zero-order valence-electron chi connectivity index (χ0n) is 18.7. The molecule has 0 fully saturated rings. The molecular weight excluding hydrogens is 412 g/mol. The van der Waals surface area contributed by atoms with Gasteiger partial charge in [0.15, 0.2) is 11.6 Å². The number of carbonyl (C=O) groups is 1. The summed E-state index contributed by atoms with van der Waals surface area (Å²) in [7, 11) is 1.93. The van der Waals surface area contributed by atoms with Crippen LogP contribution in [0.15, 0.2) is 72.1 Å². The number of rotatable bonds is 7. The Bertz CT molecular complexity index is 1250. The Morgan fingerprint density at radius 1 is 1.27 bits per heavy atom. The Morgan fingerprint density at radius 3 is 2.88 bits per heavy atom. The van der Waals surface area contributed by atoms with Crippen LogP contribution in [0.1, 0.15) is 35.9 Å². The first kappa shape index (κ1) is 22.0. The van der Waals surface area contributed by atoms with Crippen LogP contribution < -0.4 is 10.6 Å². The van der Waals surface area contributed by atoms with Gasteiger partial charge in [-0.25, -0.2) is 0 Å². The molecule has 2 N–H and O–H groups in total. The first-order valence-electron chi connectivity index (χ1n) is 10.8. The third kappa shape index (κ3) is 5.01. The molecule has 0 bridgehead atoms. The SMILES string of the molecule is C#C/C=C\C1=C(C)CCC1NC(=O)c1cccc(NCc2nnc(-c3ccncc3)n2C)c1. The molecular formula is C26H26N6O. The third-order valence-corrected chi connectivity index (χ3v) is 5.82. The lowest BCUT2D eigenvalue weighted by molar-refractivity contribution is 0.0943. The number of carbonyl (C=O) groups excluding carboxylic acids is 1. The molecule has 3 aromatic rings. The minimum atomic E-state index is -0.108.